The molecule has 4 rings (SSSR count). The van der Waals surface area contributed by atoms with Gasteiger partial charge in [0.1, 0.15) is 0 Å². The largest absolute Gasteiger partial charge is 0.339 e. The van der Waals surface area contributed by atoms with Crippen LogP contribution in [0, 0.1) is 5.41 Å². The molecular formula is C22H30N2O3S. The van der Waals surface area contributed by atoms with Crippen LogP contribution in [0.2, 0.25) is 0 Å². The van der Waals surface area contributed by atoms with Gasteiger partial charge in [-0.05, 0) is 67.7 Å². The molecule has 2 aliphatic carbocycles. The summed E-state index contributed by atoms with van der Waals surface area (Å²) >= 11 is 0. The van der Waals surface area contributed by atoms with E-state index in [9.17, 15) is 13.2 Å². The summed E-state index contributed by atoms with van der Waals surface area (Å²) in [6.07, 6.45) is 14.2. The number of likely N-dealkylation sites (tertiary alicyclic amines) is 1. The minimum Gasteiger partial charge on any atom is -0.339 e. The molecule has 1 saturated heterocycles. The van der Waals surface area contributed by atoms with Gasteiger partial charge in [0.05, 0.1) is 4.90 Å². The predicted molar refractivity (Wildman–Crippen MR) is 110 cm³/mol. The van der Waals surface area contributed by atoms with Gasteiger partial charge in [-0.2, -0.15) is 0 Å². The molecule has 1 N–H and O–H groups in total. The number of benzene rings is 1. The van der Waals surface area contributed by atoms with Crippen LogP contribution in [-0.4, -0.2) is 38.4 Å². The summed E-state index contributed by atoms with van der Waals surface area (Å²) < 4.78 is 27.1. The van der Waals surface area contributed by atoms with Crippen LogP contribution in [0.3, 0.4) is 0 Å². The molecule has 3 fully saturated rings. The third-order valence-corrected chi connectivity index (χ3v) is 8.09. The maximum atomic E-state index is 12.5. The maximum Gasteiger partial charge on any atom is 0.246 e. The van der Waals surface area contributed by atoms with Gasteiger partial charge in [0.15, 0.2) is 0 Å². The van der Waals surface area contributed by atoms with Gasteiger partial charge in [-0.3, -0.25) is 4.79 Å². The summed E-state index contributed by atoms with van der Waals surface area (Å²) in [4.78, 5) is 14.8. The van der Waals surface area contributed by atoms with Crippen molar-refractivity contribution in [1.82, 2.24) is 9.62 Å². The first-order valence-corrected chi connectivity index (χ1v) is 12.0. The Labute approximate surface area is 168 Å². The Hall–Kier alpha value is -1.66. The van der Waals surface area contributed by atoms with E-state index in [2.05, 4.69) is 4.72 Å². The molecule has 152 valence electrons. The number of hydrogen-bond acceptors (Lipinski definition) is 3. The van der Waals surface area contributed by atoms with Crippen LogP contribution in [-0.2, 0) is 14.8 Å². The smallest absolute Gasteiger partial charge is 0.246 e. The third kappa shape index (κ3) is 4.66. The Kier molecular flexibility index (Phi) is 5.61. The Morgan fingerprint density at radius 3 is 2.25 bits per heavy atom. The van der Waals surface area contributed by atoms with E-state index in [1.54, 1.807) is 36.4 Å². The molecule has 6 heteroatoms. The second kappa shape index (κ2) is 7.99. The molecule has 1 aliphatic heterocycles. The van der Waals surface area contributed by atoms with Crippen LogP contribution in [0.4, 0.5) is 0 Å². The number of amides is 1. The summed E-state index contributed by atoms with van der Waals surface area (Å²) in [6, 6.07) is 6.79. The first-order valence-electron chi connectivity index (χ1n) is 10.6. The molecule has 1 amide bonds. The molecule has 0 radical (unpaired) electrons. The van der Waals surface area contributed by atoms with Crippen molar-refractivity contribution in [3.8, 4) is 0 Å². The molecule has 1 aromatic rings. The van der Waals surface area contributed by atoms with Crippen LogP contribution in [0.1, 0.15) is 63.4 Å². The number of nitrogens with zero attached hydrogens (tertiary/aromatic N) is 1. The first kappa shape index (κ1) is 19.6. The average molecular weight is 403 g/mol. The highest BCUT2D eigenvalue weighted by Crippen LogP contribution is 2.44. The minimum absolute atomic E-state index is 0.0535. The van der Waals surface area contributed by atoms with Crippen LogP contribution in [0.25, 0.3) is 6.08 Å². The normalized spacial score (nSPS) is 22.6. The highest BCUT2D eigenvalue weighted by Gasteiger charge is 2.36. The number of carbonyl (C=O) groups is 1. The van der Waals surface area contributed by atoms with Crippen LogP contribution in [0.15, 0.2) is 35.2 Å². The van der Waals surface area contributed by atoms with E-state index in [0.717, 1.165) is 44.3 Å². The molecule has 1 heterocycles. The van der Waals surface area contributed by atoms with Gasteiger partial charge in [-0.15, -0.1) is 0 Å². The van der Waals surface area contributed by atoms with Crippen molar-refractivity contribution in [2.75, 3.05) is 13.1 Å². The predicted octanol–water partition coefficient (Wildman–Crippen LogP) is 3.71. The Morgan fingerprint density at radius 2 is 1.64 bits per heavy atom. The summed E-state index contributed by atoms with van der Waals surface area (Å²) in [5.41, 5.74) is 1.33. The molecule has 0 aromatic heterocycles. The van der Waals surface area contributed by atoms with Crippen LogP contribution in [0.5, 0.6) is 0 Å². The zero-order chi connectivity index (χ0) is 19.6. The summed E-state index contributed by atoms with van der Waals surface area (Å²) in [6.45, 7) is 1.71. The number of rotatable bonds is 5. The van der Waals surface area contributed by atoms with Crippen molar-refractivity contribution >= 4 is 22.0 Å². The summed E-state index contributed by atoms with van der Waals surface area (Å²) in [7, 11) is -3.43. The van der Waals surface area contributed by atoms with Crippen molar-refractivity contribution < 1.29 is 13.2 Å². The number of sulfonamides is 1. The van der Waals surface area contributed by atoms with Crippen LogP contribution < -0.4 is 4.72 Å². The van der Waals surface area contributed by atoms with Crippen molar-refractivity contribution in [3.05, 3.63) is 35.9 Å². The number of piperidine rings is 1. The quantitative estimate of drug-likeness (QED) is 0.764. The van der Waals surface area contributed by atoms with Gasteiger partial charge in [-0.25, -0.2) is 13.1 Å². The molecule has 1 aromatic carbocycles. The SMILES string of the molecule is O=C(/C=C/c1ccc(S(=O)(=O)NC2CC2)cc1)N1CCC2(CCCCC2)CC1. The lowest BCUT2D eigenvalue weighted by molar-refractivity contribution is -0.128. The number of nitrogens with one attached hydrogen (secondary N) is 1. The maximum absolute atomic E-state index is 12.5. The second-order valence-corrected chi connectivity index (χ2v) is 10.4. The fourth-order valence-electron chi connectivity index (χ4n) is 4.52. The molecule has 3 aliphatic rings. The summed E-state index contributed by atoms with van der Waals surface area (Å²) in [5, 5.41) is 0. The van der Waals surface area contributed by atoms with Gasteiger partial charge < -0.3 is 4.90 Å². The monoisotopic (exact) mass is 402 g/mol. The van der Waals surface area contributed by atoms with Gasteiger partial charge in [0, 0.05) is 25.2 Å². The van der Waals surface area contributed by atoms with Crippen molar-refractivity contribution in [2.24, 2.45) is 5.41 Å². The van der Waals surface area contributed by atoms with E-state index in [0.29, 0.717) is 5.41 Å². The molecule has 1 spiro atoms. The zero-order valence-corrected chi connectivity index (χ0v) is 17.2. The van der Waals surface area contributed by atoms with E-state index in [4.69, 9.17) is 0 Å². The molecule has 5 nitrogen and oxygen atoms in total. The van der Waals surface area contributed by atoms with Gasteiger partial charge in [0.2, 0.25) is 15.9 Å². The fourth-order valence-corrected chi connectivity index (χ4v) is 5.83. The molecule has 0 bridgehead atoms. The molecule has 2 saturated carbocycles. The van der Waals surface area contributed by atoms with E-state index < -0.39 is 10.0 Å². The van der Waals surface area contributed by atoms with E-state index in [1.165, 1.54) is 32.1 Å². The van der Waals surface area contributed by atoms with Gasteiger partial charge in [-0.1, -0.05) is 31.4 Å². The summed E-state index contributed by atoms with van der Waals surface area (Å²) in [5.74, 6) is 0.0535. The van der Waals surface area contributed by atoms with Crippen molar-refractivity contribution in [1.29, 1.82) is 0 Å². The van der Waals surface area contributed by atoms with Crippen molar-refractivity contribution in [3.63, 3.8) is 0 Å². The first-order chi connectivity index (χ1) is 13.5. The lowest BCUT2D eigenvalue weighted by atomic mass is 9.68. The lowest BCUT2D eigenvalue weighted by Gasteiger charge is -2.44. The lowest BCUT2D eigenvalue weighted by Crippen LogP contribution is -2.43. The van der Waals surface area contributed by atoms with Gasteiger partial charge in [0.25, 0.3) is 0 Å². The van der Waals surface area contributed by atoms with E-state index >= 15 is 0 Å². The standard InChI is InChI=1S/C22H30N2O3S/c25-21(24-16-14-22(15-17-24)12-2-1-3-13-22)11-6-18-4-9-20(10-5-18)28(26,27)23-19-7-8-19/h4-6,9-11,19,23H,1-3,7-8,12-17H2/b11-6+. The highest BCUT2D eigenvalue weighted by molar-refractivity contribution is 7.89. The van der Waals surface area contributed by atoms with E-state index in [-0.39, 0.29) is 16.8 Å². The number of carbonyl (C=O) groups excluding carboxylic acids is 1. The van der Waals surface area contributed by atoms with Gasteiger partial charge >= 0.3 is 0 Å². The van der Waals surface area contributed by atoms with Crippen LogP contribution >= 0.6 is 0 Å². The number of hydrogen-bond donors (Lipinski definition) is 1. The Morgan fingerprint density at radius 1 is 1.00 bits per heavy atom. The molecule has 0 atom stereocenters. The second-order valence-electron chi connectivity index (χ2n) is 8.68. The highest BCUT2D eigenvalue weighted by atomic mass is 32.2. The zero-order valence-electron chi connectivity index (χ0n) is 16.4. The minimum atomic E-state index is -3.43. The third-order valence-electron chi connectivity index (χ3n) is 6.56. The molecular weight excluding hydrogens is 372 g/mol. The Balaban J connectivity index is 1.32. The molecule has 0 unspecified atom stereocenters. The fraction of sp³-hybridized carbons (Fsp3) is 0.591. The average Bonchev–Trinajstić information content (AvgIpc) is 3.51. The topological polar surface area (TPSA) is 66.5 Å². The van der Waals surface area contributed by atoms with E-state index in [1.807, 2.05) is 4.90 Å². The molecule has 28 heavy (non-hydrogen) atoms. The Bertz CT molecular complexity index is 825. The van der Waals surface area contributed by atoms with Crippen molar-refractivity contribution in [2.45, 2.75) is 68.7 Å².